The SMILES string of the molecule is Cc1c(Cl)nc(C(C)C)nc1SC1CCOCC1. The van der Waals surface area contributed by atoms with E-state index >= 15 is 0 Å². The molecule has 0 unspecified atom stereocenters. The third kappa shape index (κ3) is 3.37. The average molecular weight is 287 g/mol. The second-order valence-electron chi connectivity index (χ2n) is 4.89. The van der Waals surface area contributed by atoms with E-state index in [1.807, 2.05) is 18.7 Å². The maximum absolute atomic E-state index is 6.19. The molecule has 0 aliphatic carbocycles. The molecular weight excluding hydrogens is 268 g/mol. The first-order chi connectivity index (χ1) is 8.58. The van der Waals surface area contributed by atoms with Crippen molar-refractivity contribution in [2.24, 2.45) is 0 Å². The van der Waals surface area contributed by atoms with Crippen LogP contribution in [0.4, 0.5) is 0 Å². The lowest BCUT2D eigenvalue weighted by molar-refractivity contribution is 0.1000. The Balaban J connectivity index is 2.19. The molecule has 0 N–H and O–H groups in total. The summed E-state index contributed by atoms with van der Waals surface area (Å²) in [6.45, 7) is 7.88. The third-order valence-electron chi connectivity index (χ3n) is 3.02. The van der Waals surface area contributed by atoms with Gasteiger partial charge in [-0.2, -0.15) is 0 Å². The van der Waals surface area contributed by atoms with Gasteiger partial charge in [0.05, 0.1) is 0 Å². The van der Waals surface area contributed by atoms with E-state index in [-0.39, 0.29) is 0 Å². The van der Waals surface area contributed by atoms with Crippen LogP contribution >= 0.6 is 23.4 Å². The molecule has 1 aromatic heterocycles. The van der Waals surface area contributed by atoms with Crippen LogP contribution in [0.3, 0.4) is 0 Å². The average Bonchev–Trinajstić information content (AvgIpc) is 2.35. The van der Waals surface area contributed by atoms with Gasteiger partial charge >= 0.3 is 0 Å². The zero-order valence-corrected chi connectivity index (χ0v) is 12.6. The molecule has 1 aromatic rings. The highest BCUT2D eigenvalue weighted by atomic mass is 35.5. The fraction of sp³-hybridized carbons (Fsp3) is 0.692. The number of hydrogen-bond acceptors (Lipinski definition) is 4. The molecule has 0 spiro atoms. The van der Waals surface area contributed by atoms with Gasteiger partial charge in [0.15, 0.2) is 0 Å². The van der Waals surface area contributed by atoms with Crippen LogP contribution in [0.5, 0.6) is 0 Å². The van der Waals surface area contributed by atoms with E-state index in [0.717, 1.165) is 42.5 Å². The molecule has 0 radical (unpaired) electrons. The van der Waals surface area contributed by atoms with Gasteiger partial charge in [0, 0.05) is 29.9 Å². The molecule has 1 aliphatic rings. The molecule has 1 saturated heterocycles. The molecule has 0 saturated carbocycles. The highest BCUT2D eigenvalue weighted by Gasteiger charge is 2.19. The largest absolute Gasteiger partial charge is 0.381 e. The first-order valence-electron chi connectivity index (χ1n) is 6.36. The van der Waals surface area contributed by atoms with E-state index in [2.05, 4.69) is 23.8 Å². The number of nitrogens with zero attached hydrogens (tertiary/aromatic N) is 2. The van der Waals surface area contributed by atoms with Gasteiger partial charge in [-0.3, -0.25) is 0 Å². The van der Waals surface area contributed by atoms with E-state index in [0.29, 0.717) is 16.3 Å². The summed E-state index contributed by atoms with van der Waals surface area (Å²) in [5.41, 5.74) is 0.998. The fourth-order valence-corrected chi connectivity index (χ4v) is 3.21. The van der Waals surface area contributed by atoms with Crippen molar-refractivity contribution in [1.82, 2.24) is 9.97 Å². The molecule has 0 amide bonds. The molecule has 0 bridgehead atoms. The zero-order chi connectivity index (χ0) is 13.1. The van der Waals surface area contributed by atoms with E-state index in [1.54, 1.807) is 0 Å². The van der Waals surface area contributed by atoms with Gasteiger partial charge < -0.3 is 4.74 Å². The predicted octanol–water partition coefficient (Wildman–Crippen LogP) is 3.83. The molecule has 5 heteroatoms. The number of hydrogen-bond donors (Lipinski definition) is 0. The second-order valence-corrected chi connectivity index (χ2v) is 6.53. The zero-order valence-electron chi connectivity index (χ0n) is 11.1. The molecule has 3 nitrogen and oxygen atoms in total. The van der Waals surface area contributed by atoms with Crippen LogP contribution in [-0.2, 0) is 4.74 Å². The van der Waals surface area contributed by atoms with Crippen molar-refractivity contribution in [3.8, 4) is 0 Å². The molecule has 1 aliphatic heterocycles. The molecule has 18 heavy (non-hydrogen) atoms. The molecule has 2 heterocycles. The quantitative estimate of drug-likeness (QED) is 0.791. The molecule has 1 fully saturated rings. The standard InChI is InChI=1S/C13H19ClN2OS/c1-8(2)12-15-11(14)9(3)13(16-12)18-10-4-6-17-7-5-10/h8,10H,4-7H2,1-3H3. The van der Waals surface area contributed by atoms with Crippen molar-refractivity contribution in [3.05, 3.63) is 16.5 Å². The van der Waals surface area contributed by atoms with Crippen molar-refractivity contribution < 1.29 is 4.74 Å². The second kappa shape index (κ2) is 6.22. The van der Waals surface area contributed by atoms with Crippen LogP contribution in [0.1, 0.15) is 44.0 Å². The van der Waals surface area contributed by atoms with Gasteiger partial charge in [-0.1, -0.05) is 25.4 Å². The first-order valence-corrected chi connectivity index (χ1v) is 7.62. The predicted molar refractivity (Wildman–Crippen MR) is 75.6 cm³/mol. The first kappa shape index (κ1) is 14.1. The van der Waals surface area contributed by atoms with Gasteiger partial charge in [0.2, 0.25) is 0 Å². The van der Waals surface area contributed by atoms with Gasteiger partial charge in [-0.15, -0.1) is 11.8 Å². The lowest BCUT2D eigenvalue weighted by Gasteiger charge is -2.22. The van der Waals surface area contributed by atoms with E-state index in [4.69, 9.17) is 16.3 Å². The highest BCUT2D eigenvalue weighted by molar-refractivity contribution is 7.99. The Labute approximate surface area is 118 Å². The van der Waals surface area contributed by atoms with Gasteiger partial charge in [-0.05, 0) is 19.8 Å². The lowest BCUT2D eigenvalue weighted by atomic mass is 10.2. The van der Waals surface area contributed by atoms with Gasteiger partial charge in [-0.25, -0.2) is 9.97 Å². The summed E-state index contributed by atoms with van der Waals surface area (Å²) in [4.78, 5) is 9.00. The normalized spacial score (nSPS) is 17.4. The summed E-state index contributed by atoms with van der Waals surface area (Å²) < 4.78 is 5.38. The Morgan fingerprint density at radius 2 is 1.94 bits per heavy atom. The van der Waals surface area contributed by atoms with E-state index in [1.165, 1.54) is 0 Å². The van der Waals surface area contributed by atoms with Crippen LogP contribution in [0, 0.1) is 6.92 Å². The number of ether oxygens (including phenoxy) is 1. The number of aromatic nitrogens is 2. The van der Waals surface area contributed by atoms with E-state index in [9.17, 15) is 0 Å². The minimum Gasteiger partial charge on any atom is -0.381 e. The summed E-state index contributed by atoms with van der Waals surface area (Å²) in [6, 6.07) is 0. The van der Waals surface area contributed by atoms with Crippen molar-refractivity contribution in [3.63, 3.8) is 0 Å². The van der Waals surface area contributed by atoms with E-state index < -0.39 is 0 Å². The Bertz CT molecular complexity index is 420. The Kier molecular flexibility index (Phi) is 4.87. The summed E-state index contributed by atoms with van der Waals surface area (Å²) in [7, 11) is 0. The monoisotopic (exact) mass is 286 g/mol. The highest BCUT2D eigenvalue weighted by Crippen LogP contribution is 2.33. The minimum atomic E-state index is 0.303. The summed E-state index contributed by atoms with van der Waals surface area (Å²) >= 11 is 8.01. The van der Waals surface area contributed by atoms with Crippen LogP contribution in [0.2, 0.25) is 5.15 Å². The molecule has 2 rings (SSSR count). The van der Waals surface area contributed by atoms with Crippen LogP contribution in [-0.4, -0.2) is 28.4 Å². The van der Waals surface area contributed by atoms with Crippen molar-refractivity contribution >= 4 is 23.4 Å². The Morgan fingerprint density at radius 3 is 2.56 bits per heavy atom. The molecule has 0 aromatic carbocycles. The number of rotatable bonds is 3. The van der Waals surface area contributed by atoms with Gasteiger partial charge in [0.1, 0.15) is 16.0 Å². The van der Waals surface area contributed by atoms with Crippen molar-refractivity contribution in [1.29, 1.82) is 0 Å². The number of halogens is 1. The van der Waals surface area contributed by atoms with Crippen molar-refractivity contribution in [2.45, 2.75) is 49.8 Å². The van der Waals surface area contributed by atoms with Crippen LogP contribution < -0.4 is 0 Å². The summed E-state index contributed by atoms with van der Waals surface area (Å²) in [5, 5.41) is 2.21. The van der Waals surface area contributed by atoms with Crippen LogP contribution in [0.25, 0.3) is 0 Å². The minimum absolute atomic E-state index is 0.303. The van der Waals surface area contributed by atoms with Gasteiger partial charge in [0.25, 0.3) is 0 Å². The molecular formula is C13H19ClN2OS. The number of thioether (sulfide) groups is 1. The maximum Gasteiger partial charge on any atom is 0.136 e. The van der Waals surface area contributed by atoms with Crippen molar-refractivity contribution in [2.75, 3.05) is 13.2 Å². The summed E-state index contributed by atoms with van der Waals surface area (Å²) in [5.74, 6) is 1.14. The lowest BCUT2D eigenvalue weighted by Crippen LogP contribution is -2.18. The smallest absolute Gasteiger partial charge is 0.136 e. The molecule has 100 valence electrons. The maximum atomic E-state index is 6.19. The molecule has 0 atom stereocenters. The summed E-state index contributed by atoms with van der Waals surface area (Å²) in [6.07, 6.45) is 2.17. The van der Waals surface area contributed by atoms with Crippen LogP contribution in [0.15, 0.2) is 5.03 Å². The Morgan fingerprint density at radius 1 is 1.28 bits per heavy atom. The third-order valence-corrected chi connectivity index (χ3v) is 4.82. The Hall–Kier alpha value is -0.320. The topological polar surface area (TPSA) is 35.0 Å². The fourth-order valence-electron chi connectivity index (χ4n) is 1.81.